The molecule has 2 N–H and O–H groups in total. The molecular weight excluding hydrogens is 330 g/mol. The molecule has 1 saturated heterocycles. The third-order valence-electron chi connectivity index (χ3n) is 3.86. The summed E-state index contributed by atoms with van der Waals surface area (Å²) in [5.41, 5.74) is 1.09. The van der Waals surface area contributed by atoms with Crippen LogP contribution in [0, 0.1) is 0 Å². The maximum absolute atomic E-state index is 12.4. The molecule has 7 heteroatoms. The standard InChI is InChI=1S/C17H16ClN3O3/c18-14-9-12(10-15(20-14)21-7-1-2-8-21)16(22)19-13-5-3-11(4-6-13)17(23)24/h3-6,9-10H,1-2,7-8H2,(H,19,22)(H,23,24). The minimum atomic E-state index is -1.01. The van der Waals surface area contributed by atoms with Crippen LogP contribution in [0.2, 0.25) is 5.15 Å². The highest BCUT2D eigenvalue weighted by atomic mass is 35.5. The molecule has 1 aliphatic rings. The molecular formula is C17H16ClN3O3. The molecule has 1 aromatic heterocycles. The highest BCUT2D eigenvalue weighted by Gasteiger charge is 2.17. The van der Waals surface area contributed by atoms with Crippen LogP contribution in [0.5, 0.6) is 0 Å². The second-order valence-corrected chi connectivity index (χ2v) is 5.95. The number of carbonyl (C=O) groups is 2. The minimum Gasteiger partial charge on any atom is -0.478 e. The minimum absolute atomic E-state index is 0.163. The van der Waals surface area contributed by atoms with Crippen LogP contribution in [0.1, 0.15) is 33.6 Å². The molecule has 2 aromatic rings. The third kappa shape index (κ3) is 3.65. The van der Waals surface area contributed by atoms with Crippen molar-refractivity contribution in [3.05, 3.63) is 52.7 Å². The van der Waals surface area contributed by atoms with E-state index in [1.54, 1.807) is 18.2 Å². The molecule has 1 aromatic carbocycles. The van der Waals surface area contributed by atoms with E-state index >= 15 is 0 Å². The van der Waals surface area contributed by atoms with Crippen LogP contribution >= 0.6 is 11.6 Å². The summed E-state index contributed by atoms with van der Waals surface area (Å²) in [7, 11) is 0. The largest absolute Gasteiger partial charge is 0.478 e. The number of pyridine rings is 1. The zero-order valence-electron chi connectivity index (χ0n) is 12.8. The van der Waals surface area contributed by atoms with Crippen molar-refractivity contribution in [1.29, 1.82) is 0 Å². The van der Waals surface area contributed by atoms with E-state index in [0.717, 1.165) is 25.9 Å². The number of carbonyl (C=O) groups excluding carboxylic acids is 1. The Balaban J connectivity index is 1.78. The van der Waals surface area contributed by atoms with Crippen LogP contribution in [0.4, 0.5) is 11.5 Å². The van der Waals surface area contributed by atoms with Gasteiger partial charge >= 0.3 is 5.97 Å². The van der Waals surface area contributed by atoms with Crippen LogP contribution in [-0.2, 0) is 0 Å². The van der Waals surface area contributed by atoms with Gasteiger partial charge in [-0.05, 0) is 49.2 Å². The SMILES string of the molecule is O=C(O)c1ccc(NC(=O)c2cc(Cl)nc(N3CCCC3)c2)cc1. The fourth-order valence-electron chi connectivity index (χ4n) is 2.62. The summed E-state index contributed by atoms with van der Waals surface area (Å²) in [4.78, 5) is 29.6. The van der Waals surface area contributed by atoms with Gasteiger partial charge in [0.15, 0.2) is 0 Å². The Morgan fingerprint density at radius 1 is 1.08 bits per heavy atom. The number of carboxylic acids is 1. The summed E-state index contributed by atoms with van der Waals surface area (Å²) in [6.45, 7) is 1.82. The first-order valence-electron chi connectivity index (χ1n) is 7.60. The van der Waals surface area contributed by atoms with Gasteiger partial charge in [0.2, 0.25) is 0 Å². The van der Waals surface area contributed by atoms with E-state index in [4.69, 9.17) is 16.7 Å². The number of nitrogens with zero attached hydrogens (tertiary/aromatic N) is 2. The highest BCUT2D eigenvalue weighted by molar-refractivity contribution is 6.30. The number of hydrogen-bond acceptors (Lipinski definition) is 4. The summed E-state index contributed by atoms with van der Waals surface area (Å²) in [5.74, 6) is -0.627. The maximum Gasteiger partial charge on any atom is 0.335 e. The van der Waals surface area contributed by atoms with Gasteiger partial charge in [-0.15, -0.1) is 0 Å². The molecule has 0 radical (unpaired) electrons. The van der Waals surface area contributed by atoms with Crippen LogP contribution in [0.25, 0.3) is 0 Å². The van der Waals surface area contributed by atoms with Crippen molar-refractivity contribution in [2.45, 2.75) is 12.8 Å². The van der Waals surface area contributed by atoms with E-state index < -0.39 is 5.97 Å². The molecule has 0 saturated carbocycles. The molecule has 124 valence electrons. The summed E-state index contributed by atoms with van der Waals surface area (Å²) < 4.78 is 0. The number of halogens is 1. The van der Waals surface area contributed by atoms with Gasteiger partial charge in [-0.1, -0.05) is 11.6 Å². The number of benzene rings is 1. The number of amides is 1. The first-order chi connectivity index (χ1) is 11.5. The molecule has 3 rings (SSSR count). The quantitative estimate of drug-likeness (QED) is 0.831. The van der Waals surface area contributed by atoms with Crippen molar-refractivity contribution in [2.24, 2.45) is 0 Å². The zero-order chi connectivity index (χ0) is 17.1. The Hall–Kier alpha value is -2.60. The number of carboxylic acid groups (broad SMARTS) is 1. The summed E-state index contributed by atoms with van der Waals surface area (Å²) in [5, 5.41) is 11.9. The lowest BCUT2D eigenvalue weighted by molar-refractivity contribution is 0.0696. The maximum atomic E-state index is 12.4. The normalized spacial score (nSPS) is 13.8. The molecule has 0 unspecified atom stereocenters. The van der Waals surface area contributed by atoms with E-state index in [1.165, 1.54) is 18.2 Å². The number of hydrogen-bond donors (Lipinski definition) is 2. The summed E-state index contributed by atoms with van der Waals surface area (Å²) >= 11 is 6.05. The Kier molecular flexibility index (Phi) is 4.66. The van der Waals surface area contributed by atoms with E-state index in [9.17, 15) is 9.59 Å². The number of nitrogens with one attached hydrogen (secondary N) is 1. The molecule has 1 aliphatic heterocycles. The van der Waals surface area contributed by atoms with Gasteiger partial charge in [-0.2, -0.15) is 0 Å². The van der Waals surface area contributed by atoms with E-state index in [1.807, 2.05) is 0 Å². The molecule has 6 nitrogen and oxygen atoms in total. The molecule has 1 fully saturated rings. The smallest absolute Gasteiger partial charge is 0.335 e. The zero-order valence-corrected chi connectivity index (χ0v) is 13.6. The lowest BCUT2D eigenvalue weighted by Gasteiger charge is -2.17. The molecule has 0 bridgehead atoms. The second-order valence-electron chi connectivity index (χ2n) is 5.57. The molecule has 0 aliphatic carbocycles. The summed E-state index contributed by atoms with van der Waals surface area (Å²) in [6, 6.07) is 9.21. The molecule has 1 amide bonds. The molecule has 0 spiro atoms. The number of rotatable bonds is 4. The predicted octanol–water partition coefficient (Wildman–Crippen LogP) is 3.29. The number of anilines is 2. The van der Waals surface area contributed by atoms with Crippen molar-refractivity contribution in [1.82, 2.24) is 4.98 Å². The predicted molar refractivity (Wildman–Crippen MR) is 92.0 cm³/mol. The number of aromatic nitrogens is 1. The average molecular weight is 346 g/mol. The number of aromatic carboxylic acids is 1. The van der Waals surface area contributed by atoms with E-state index in [2.05, 4.69) is 15.2 Å². The van der Waals surface area contributed by atoms with Gasteiger partial charge in [-0.25, -0.2) is 9.78 Å². The monoisotopic (exact) mass is 345 g/mol. The fraction of sp³-hybridized carbons (Fsp3) is 0.235. The second kappa shape index (κ2) is 6.88. The van der Waals surface area contributed by atoms with Gasteiger partial charge in [0.1, 0.15) is 11.0 Å². The topological polar surface area (TPSA) is 82.5 Å². The third-order valence-corrected chi connectivity index (χ3v) is 4.06. The van der Waals surface area contributed by atoms with Gasteiger partial charge in [0.05, 0.1) is 5.56 Å². The Bertz CT molecular complexity index is 771. The Morgan fingerprint density at radius 2 is 1.75 bits per heavy atom. The first-order valence-corrected chi connectivity index (χ1v) is 7.98. The van der Waals surface area contributed by atoms with Crippen LogP contribution in [-0.4, -0.2) is 35.1 Å². The van der Waals surface area contributed by atoms with E-state index in [0.29, 0.717) is 17.1 Å². The van der Waals surface area contributed by atoms with Crippen molar-refractivity contribution < 1.29 is 14.7 Å². The first kappa shape index (κ1) is 16.3. The Labute approximate surface area is 144 Å². The average Bonchev–Trinajstić information content (AvgIpc) is 3.09. The van der Waals surface area contributed by atoms with Crippen LogP contribution in [0.3, 0.4) is 0 Å². The summed E-state index contributed by atoms with van der Waals surface area (Å²) in [6.07, 6.45) is 2.21. The van der Waals surface area contributed by atoms with E-state index in [-0.39, 0.29) is 16.6 Å². The van der Waals surface area contributed by atoms with Gasteiger partial charge in [0.25, 0.3) is 5.91 Å². The lowest BCUT2D eigenvalue weighted by atomic mass is 10.2. The highest BCUT2D eigenvalue weighted by Crippen LogP contribution is 2.22. The van der Waals surface area contributed by atoms with Crippen molar-refractivity contribution in [3.8, 4) is 0 Å². The molecule has 24 heavy (non-hydrogen) atoms. The van der Waals surface area contributed by atoms with Crippen LogP contribution in [0.15, 0.2) is 36.4 Å². The van der Waals surface area contributed by atoms with Gasteiger partial charge in [0, 0.05) is 24.3 Å². The lowest BCUT2D eigenvalue weighted by Crippen LogP contribution is -2.20. The van der Waals surface area contributed by atoms with Crippen molar-refractivity contribution in [2.75, 3.05) is 23.3 Å². The van der Waals surface area contributed by atoms with Crippen molar-refractivity contribution >= 4 is 35.0 Å². The van der Waals surface area contributed by atoms with Gasteiger partial charge in [-0.3, -0.25) is 4.79 Å². The molecule has 0 atom stereocenters. The molecule has 2 heterocycles. The fourth-order valence-corrected chi connectivity index (χ4v) is 2.83. The van der Waals surface area contributed by atoms with Gasteiger partial charge < -0.3 is 15.3 Å². The van der Waals surface area contributed by atoms with Crippen molar-refractivity contribution in [3.63, 3.8) is 0 Å². The Morgan fingerprint density at radius 3 is 2.38 bits per heavy atom. The van der Waals surface area contributed by atoms with Crippen LogP contribution < -0.4 is 10.2 Å².